The van der Waals surface area contributed by atoms with Gasteiger partial charge >= 0.3 is 0 Å². The molecule has 13 heavy (non-hydrogen) atoms. The number of nitrogens with zero attached hydrogens (tertiary/aromatic N) is 4. The average molecular weight is 259 g/mol. The van der Waals surface area contributed by atoms with Crippen molar-refractivity contribution in [2.45, 2.75) is 0 Å². The fourth-order valence-electron chi connectivity index (χ4n) is 0.863. The van der Waals surface area contributed by atoms with Gasteiger partial charge in [0, 0.05) is 44.3 Å². The maximum Gasteiger partial charge on any atom is 0.108 e. The minimum Gasteiger partial charge on any atom is -0.261 e. The van der Waals surface area contributed by atoms with E-state index >= 15 is 0 Å². The van der Waals surface area contributed by atoms with Gasteiger partial charge in [0.15, 0.2) is 0 Å². The summed E-state index contributed by atoms with van der Waals surface area (Å²) in [5, 5.41) is 0. The van der Waals surface area contributed by atoms with Crippen LogP contribution in [0.25, 0.3) is 11.4 Å². The standard InChI is InChI=1S/C8H6N4.Ru/c1-3-11-7(5-9-1)8-6-10-2-4-12-8;/h1-6H;. The summed E-state index contributed by atoms with van der Waals surface area (Å²) in [7, 11) is 0. The van der Waals surface area contributed by atoms with E-state index in [-0.39, 0.29) is 19.5 Å². The Morgan fingerprint density at radius 3 is 1.46 bits per heavy atom. The van der Waals surface area contributed by atoms with Crippen LogP contribution >= 0.6 is 0 Å². The van der Waals surface area contributed by atoms with E-state index in [1.807, 2.05) is 0 Å². The molecule has 0 fully saturated rings. The summed E-state index contributed by atoms with van der Waals surface area (Å²) in [4.78, 5) is 16.0. The van der Waals surface area contributed by atoms with Crippen molar-refractivity contribution in [2.75, 3.05) is 0 Å². The molecule has 2 aromatic heterocycles. The first kappa shape index (κ1) is 9.87. The van der Waals surface area contributed by atoms with Gasteiger partial charge in [0.1, 0.15) is 11.4 Å². The number of aromatic nitrogens is 4. The summed E-state index contributed by atoms with van der Waals surface area (Å²) < 4.78 is 0. The molecule has 0 atom stereocenters. The second-order valence-corrected chi connectivity index (χ2v) is 2.18. The normalized spacial score (nSPS) is 8.92. The third-order valence-electron chi connectivity index (χ3n) is 1.39. The van der Waals surface area contributed by atoms with Crippen LogP contribution in [0.5, 0.6) is 0 Å². The zero-order valence-corrected chi connectivity index (χ0v) is 8.34. The Bertz CT molecular complexity index is 314. The Hall–Kier alpha value is -1.22. The Balaban J connectivity index is 0.000000845. The third kappa shape index (κ3) is 2.36. The van der Waals surface area contributed by atoms with Crippen LogP contribution in [0.2, 0.25) is 0 Å². The van der Waals surface area contributed by atoms with Crippen LogP contribution in [0.3, 0.4) is 0 Å². The second-order valence-electron chi connectivity index (χ2n) is 2.18. The molecule has 0 aromatic carbocycles. The summed E-state index contributed by atoms with van der Waals surface area (Å²) in [5.41, 5.74) is 1.48. The first-order chi connectivity index (χ1) is 5.97. The van der Waals surface area contributed by atoms with Crippen LogP contribution in [0.1, 0.15) is 0 Å². The molecule has 66 valence electrons. The maximum absolute atomic E-state index is 4.08. The van der Waals surface area contributed by atoms with Gasteiger partial charge in [-0.15, -0.1) is 0 Å². The van der Waals surface area contributed by atoms with Crippen molar-refractivity contribution in [1.82, 2.24) is 19.9 Å². The molecule has 5 heteroatoms. The van der Waals surface area contributed by atoms with E-state index in [1.54, 1.807) is 37.2 Å². The summed E-state index contributed by atoms with van der Waals surface area (Å²) >= 11 is 0. The number of rotatable bonds is 1. The van der Waals surface area contributed by atoms with Gasteiger partial charge in [-0.25, -0.2) is 0 Å². The van der Waals surface area contributed by atoms with Crippen molar-refractivity contribution in [3.63, 3.8) is 0 Å². The molecule has 0 unspecified atom stereocenters. The van der Waals surface area contributed by atoms with Gasteiger partial charge in [-0.3, -0.25) is 19.9 Å². The minimum atomic E-state index is 0. The molecule has 0 saturated heterocycles. The van der Waals surface area contributed by atoms with Crippen molar-refractivity contribution in [3.8, 4) is 11.4 Å². The van der Waals surface area contributed by atoms with Crippen molar-refractivity contribution in [3.05, 3.63) is 37.2 Å². The topological polar surface area (TPSA) is 51.6 Å². The zero-order valence-electron chi connectivity index (χ0n) is 6.61. The molecular weight excluding hydrogens is 253 g/mol. The predicted molar refractivity (Wildman–Crippen MR) is 43.1 cm³/mol. The van der Waals surface area contributed by atoms with E-state index in [0.29, 0.717) is 0 Å². The molecule has 0 N–H and O–H groups in total. The Morgan fingerprint density at radius 1 is 0.692 bits per heavy atom. The van der Waals surface area contributed by atoms with Gasteiger partial charge in [0.25, 0.3) is 0 Å². The second kappa shape index (κ2) is 4.72. The van der Waals surface area contributed by atoms with E-state index in [9.17, 15) is 0 Å². The van der Waals surface area contributed by atoms with Crippen molar-refractivity contribution < 1.29 is 19.5 Å². The molecule has 0 spiro atoms. The van der Waals surface area contributed by atoms with Gasteiger partial charge in [-0.05, 0) is 0 Å². The SMILES string of the molecule is [Ru].c1cnc(-c2cnccn2)cn1. The molecule has 4 nitrogen and oxygen atoms in total. The zero-order chi connectivity index (χ0) is 8.23. The van der Waals surface area contributed by atoms with Gasteiger partial charge in [-0.1, -0.05) is 0 Å². The van der Waals surface area contributed by atoms with Crippen molar-refractivity contribution >= 4 is 0 Å². The maximum atomic E-state index is 4.08. The molecular formula is C8H6N4Ru. The summed E-state index contributed by atoms with van der Waals surface area (Å²) in [5.74, 6) is 0. The number of hydrogen-bond acceptors (Lipinski definition) is 4. The Labute approximate surface area is 88.3 Å². The van der Waals surface area contributed by atoms with Crippen molar-refractivity contribution in [1.29, 1.82) is 0 Å². The van der Waals surface area contributed by atoms with E-state index < -0.39 is 0 Å². The monoisotopic (exact) mass is 260 g/mol. The quantitative estimate of drug-likeness (QED) is 0.715. The van der Waals surface area contributed by atoms with Crippen LogP contribution in [0, 0.1) is 0 Å². The molecule has 0 bridgehead atoms. The van der Waals surface area contributed by atoms with E-state index in [1.165, 1.54) is 0 Å². The molecule has 0 aliphatic rings. The molecule has 0 amide bonds. The smallest absolute Gasteiger partial charge is 0.108 e. The summed E-state index contributed by atoms with van der Waals surface area (Å²) in [6.45, 7) is 0. The Kier molecular flexibility index (Phi) is 3.58. The third-order valence-corrected chi connectivity index (χ3v) is 1.39. The van der Waals surface area contributed by atoms with Crippen LogP contribution in [-0.4, -0.2) is 19.9 Å². The van der Waals surface area contributed by atoms with Gasteiger partial charge in [0.05, 0.1) is 12.4 Å². The first-order valence-electron chi connectivity index (χ1n) is 3.49. The fraction of sp³-hybridized carbons (Fsp3) is 0. The van der Waals surface area contributed by atoms with Gasteiger partial charge in [0.2, 0.25) is 0 Å². The van der Waals surface area contributed by atoms with E-state index in [0.717, 1.165) is 11.4 Å². The minimum absolute atomic E-state index is 0. The van der Waals surface area contributed by atoms with Crippen LogP contribution < -0.4 is 0 Å². The van der Waals surface area contributed by atoms with Crippen molar-refractivity contribution in [2.24, 2.45) is 0 Å². The molecule has 2 aromatic rings. The fourth-order valence-corrected chi connectivity index (χ4v) is 0.863. The van der Waals surface area contributed by atoms with Gasteiger partial charge in [-0.2, -0.15) is 0 Å². The molecule has 2 heterocycles. The largest absolute Gasteiger partial charge is 0.261 e. The number of hydrogen-bond donors (Lipinski definition) is 0. The summed E-state index contributed by atoms with van der Waals surface area (Å²) in [6.07, 6.45) is 9.82. The van der Waals surface area contributed by atoms with E-state index in [2.05, 4.69) is 19.9 Å². The first-order valence-corrected chi connectivity index (χ1v) is 3.49. The average Bonchev–Trinajstić information content (AvgIpc) is 2.21. The predicted octanol–water partition coefficient (Wildman–Crippen LogP) is 0.931. The molecule has 2 rings (SSSR count). The van der Waals surface area contributed by atoms with Crippen LogP contribution in [-0.2, 0) is 19.5 Å². The molecule has 0 aliphatic heterocycles. The van der Waals surface area contributed by atoms with Gasteiger partial charge < -0.3 is 0 Å². The molecule has 0 saturated carbocycles. The Morgan fingerprint density at radius 2 is 1.15 bits per heavy atom. The molecule has 0 radical (unpaired) electrons. The van der Waals surface area contributed by atoms with E-state index in [4.69, 9.17) is 0 Å². The molecule has 0 aliphatic carbocycles. The van der Waals surface area contributed by atoms with Crippen LogP contribution in [0.4, 0.5) is 0 Å². The summed E-state index contributed by atoms with van der Waals surface area (Å²) in [6, 6.07) is 0. The van der Waals surface area contributed by atoms with Crippen LogP contribution in [0.15, 0.2) is 37.2 Å².